The monoisotopic (exact) mass is 417 g/mol. The number of rotatable bonds is 7. The number of carbonyl (C=O) groups excluding carboxylic acids is 1. The summed E-state index contributed by atoms with van der Waals surface area (Å²) in [4.78, 5) is 18.2. The highest BCUT2D eigenvalue weighted by Crippen LogP contribution is 2.24. The Morgan fingerprint density at radius 2 is 2.08 bits per heavy atom. The Kier molecular flexibility index (Phi) is 6.04. The predicted octanol–water partition coefficient (Wildman–Crippen LogP) is 4.47. The quantitative estimate of drug-likeness (QED) is 0.615. The molecule has 1 atom stereocenters. The summed E-state index contributed by atoms with van der Waals surface area (Å²) in [7, 11) is 1.94. The minimum absolute atomic E-state index is 0.0486. The van der Waals surface area contributed by atoms with Crippen molar-refractivity contribution in [2.45, 2.75) is 25.3 Å². The van der Waals surface area contributed by atoms with Crippen LogP contribution >= 0.6 is 27.3 Å². The van der Waals surface area contributed by atoms with E-state index >= 15 is 0 Å². The Hall–Kier alpha value is -1.92. The molecular weight excluding hydrogens is 398 g/mol. The van der Waals surface area contributed by atoms with Crippen LogP contribution in [0, 0.1) is 0 Å². The molecule has 0 radical (unpaired) electrons. The van der Waals surface area contributed by atoms with Gasteiger partial charge in [0.15, 0.2) is 0 Å². The molecule has 4 nitrogen and oxygen atoms in total. The predicted molar refractivity (Wildman–Crippen MR) is 105 cm³/mol. The van der Waals surface area contributed by atoms with E-state index in [1.807, 2.05) is 54.2 Å². The van der Waals surface area contributed by atoms with E-state index in [2.05, 4.69) is 32.3 Å². The number of hydrogen-bond donors (Lipinski definition) is 1. The Labute approximate surface area is 160 Å². The lowest BCUT2D eigenvalue weighted by atomic mass is 10.1. The zero-order valence-corrected chi connectivity index (χ0v) is 16.4. The molecule has 3 rings (SSSR count). The van der Waals surface area contributed by atoms with Gasteiger partial charge in [-0.05, 0) is 46.5 Å². The molecule has 25 heavy (non-hydrogen) atoms. The third kappa shape index (κ3) is 4.80. The van der Waals surface area contributed by atoms with Gasteiger partial charge in [0, 0.05) is 30.7 Å². The molecule has 0 aliphatic rings. The zero-order valence-electron chi connectivity index (χ0n) is 14.0. The molecule has 0 saturated carbocycles. The number of aryl methyl sites for hydroxylation is 2. The van der Waals surface area contributed by atoms with Gasteiger partial charge in [0.2, 0.25) is 5.91 Å². The van der Waals surface area contributed by atoms with Crippen molar-refractivity contribution >= 4 is 33.2 Å². The lowest BCUT2D eigenvalue weighted by Crippen LogP contribution is -2.31. The average molecular weight is 418 g/mol. The van der Waals surface area contributed by atoms with Gasteiger partial charge in [-0.15, -0.1) is 11.3 Å². The molecule has 0 spiro atoms. The van der Waals surface area contributed by atoms with E-state index in [1.165, 1.54) is 4.88 Å². The van der Waals surface area contributed by atoms with Gasteiger partial charge in [0.25, 0.3) is 0 Å². The number of amides is 1. The molecule has 0 aliphatic heterocycles. The van der Waals surface area contributed by atoms with Gasteiger partial charge in [0.05, 0.1) is 3.79 Å². The topological polar surface area (TPSA) is 46.9 Å². The van der Waals surface area contributed by atoms with Crippen molar-refractivity contribution in [2.75, 3.05) is 0 Å². The van der Waals surface area contributed by atoms with Crippen LogP contribution in [0.2, 0.25) is 0 Å². The minimum Gasteiger partial charge on any atom is -0.342 e. The van der Waals surface area contributed by atoms with Crippen molar-refractivity contribution < 1.29 is 4.79 Å². The van der Waals surface area contributed by atoms with E-state index in [0.29, 0.717) is 6.42 Å². The van der Waals surface area contributed by atoms with E-state index in [-0.39, 0.29) is 11.9 Å². The molecule has 1 unspecified atom stereocenters. The fraction of sp³-hybridized carbons (Fsp3) is 0.263. The standard InChI is InChI=1S/C19H20BrN3OS/c1-23-13-12-21-19(23)18(14-6-3-2-4-7-14)22-17(24)9-5-8-15-10-11-16(20)25-15/h2-4,6-7,10-13,18H,5,8-9H2,1H3,(H,22,24). The molecule has 1 aromatic carbocycles. The molecule has 0 aliphatic carbocycles. The maximum absolute atomic E-state index is 12.5. The van der Waals surface area contributed by atoms with Gasteiger partial charge in [-0.25, -0.2) is 4.98 Å². The second kappa shape index (κ2) is 8.45. The van der Waals surface area contributed by atoms with Gasteiger partial charge in [-0.1, -0.05) is 30.3 Å². The summed E-state index contributed by atoms with van der Waals surface area (Å²) in [5, 5.41) is 3.14. The summed E-state index contributed by atoms with van der Waals surface area (Å²) in [6, 6.07) is 13.9. The van der Waals surface area contributed by atoms with Crippen molar-refractivity contribution in [3.63, 3.8) is 0 Å². The summed E-state index contributed by atoms with van der Waals surface area (Å²) in [6.45, 7) is 0. The minimum atomic E-state index is -0.232. The van der Waals surface area contributed by atoms with Crippen LogP contribution < -0.4 is 5.32 Å². The Bertz CT molecular complexity index is 828. The van der Waals surface area contributed by atoms with E-state index in [0.717, 1.165) is 28.0 Å². The van der Waals surface area contributed by atoms with Crippen LogP contribution in [-0.2, 0) is 18.3 Å². The van der Waals surface area contributed by atoms with E-state index in [4.69, 9.17) is 0 Å². The average Bonchev–Trinajstić information content (AvgIpc) is 3.22. The summed E-state index contributed by atoms with van der Waals surface area (Å²) in [5.41, 5.74) is 1.03. The number of nitrogens with zero attached hydrogens (tertiary/aromatic N) is 2. The number of imidazole rings is 1. The number of nitrogens with one attached hydrogen (secondary N) is 1. The molecule has 2 heterocycles. The van der Waals surface area contributed by atoms with E-state index in [9.17, 15) is 4.79 Å². The SMILES string of the molecule is Cn1ccnc1C(NC(=O)CCCc1ccc(Br)s1)c1ccccc1. The van der Waals surface area contributed by atoms with Gasteiger partial charge in [-0.3, -0.25) is 4.79 Å². The van der Waals surface area contributed by atoms with E-state index in [1.54, 1.807) is 17.5 Å². The number of hydrogen-bond acceptors (Lipinski definition) is 3. The smallest absolute Gasteiger partial charge is 0.220 e. The molecule has 0 saturated heterocycles. The van der Waals surface area contributed by atoms with Crippen LogP contribution in [-0.4, -0.2) is 15.5 Å². The fourth-order valence-corrected chi connectivity index (χ4v) is 4.27. The van der Waals surface area contributed by atoms with Crippen LogP contribution in [0.3, 0.4) is 0 Å². The Morgan fingerprint density at radius 1 is 1.28 bits per heavy atom. The number of halogens is 1. The number of aromatic nitrogens is 2. The highest BCUT2D eigenvalue weighted by Gasteiger charge is 2.20. The molecule has 0 fully saturated rings. The van der Waals surface area contributed by atoms with Gasteiger partial charge in [0.1, 0.15) is 11.9 Å². The molecule has 1 amide bonds. The molecule has 2 aromatic heterocycles. The fourth-order valence-electron chi connectivity index (χ4n) is 2.74. The highest BCUT2D eigenvalue weighted by atomic mass is 79.9. The van der Waals surface area contributed by atoms with Gasteiger partial charge in [-0.2, -0.15) is 0 Å². The lowest BCUT2D eigenvalue weighted by molar-refractivity contribution is -0.121. The first-order valence-corrected chi connectivity index (χ1v) is 9.80. The molecule has 1 N–H and O–H groups in total. The molecular formula is C19H20BrN3OS. The van der Waals surface area contributed by atoms with Gasteiger partial charge >= 0.3 is 0 Å². The van der Waals surface area contributed by atoms with Crippen LogP contribution in [0.4, 0.5) is 0 Å². The van der Waals surface area contributed by atoms with Crippen molar-refractivity contribution in [3.05, 3.63) is 74.9 Å². The Balaban J connectivity index is 1.64. The Morgan fingerprint density at radius 3 is 2.72 bits per heavy atom. The third-order valence-electron chi connectivity index (χ3n) is 4.01. The van der Waals surface area contributed by atoms with Gasteiger partial charge < -0.3 is 9.88 Å². The first-order valence-electron chi connectivity index (χ1n) is 8.19. The first-order chi connectivity index (χ1) is 12.1. The molecule has 130 valence electrons. The summed E-state index contributed by atoms with van der Waals surface area (Å²) < 4.78 is 3.08. The number of benzene rings is 1. The van der Waals surface area contributed by atoms with Crippen LogP contribution in [0.15, 0.2) is 58.6 Å². The number of carbonyl (C=O) groups is 1. The van der Waals surface area contributed by atoms with Crippen molar-refractivity contribution in [2.24, 2.45) is 7.05 Å². The first kappa shape index (κ1) is 17.9. The molecule has 6 heteroatoms. The van der Waals surface area contributed by atoms with Crippen molar-refractivity contribution in [1.82, 2.24) is 14.9 Å². The normalized spacial score (nSPS) is 12.1. The zero-order chi connectivity index (χ0) is 17.6. The van der Waals surface area contributed by atoms with Crippen LogP contribution in [0.25, 0.3) is 0 Å². The number of thiophene rings is 1. The van der Waals surface area contributed by atoms with Crippen LogP contribution in [0.5, 0.6) is 0 Å². The van der Waals surface area contributed by atoms with Crippen molar-refractivity contribution in [1.29, 1.82) is 0 Å². The highest BCUT2D eigenvalue weighted by molar-refractivity contribution is 9.11. The molecule has 0 bridgehead atoms. The van der Waals surface area contributed by atoms with Crippen LogP contribution in [0.1, 0.15) is 35.1 Å². The van der Waals surface area contributed by atoms with E-state index < -0.39 is 0 Å². The third-order valence-corrected chi connectivity index (χ3v) is 5.69. The maximum Gasteiger partial charge on any atom is 0.220 e. The largest absolute Gasteiger partial charge is 0.342 e. The maximum atomic E-state index is 12.5. The second-order valence-electron chi connectivity index (χ2n) is 5.87. The molecule has 3 aromatic rings. The second-order valence-corrected chi connectivity index (χ2v) is 8.41. The summed E-state index contributed by atoms with van der Waals surface area (Å²) >= 11 is 5.19. The summed E-state index contributed by atoms with van der Waals surface area (Å²) in [5.74, 6) is 0.884. The lowest BCUT2D eigenvalue weighted by Gasteiger charge is -2.19. The summed E-state index contributed by atoms with van der Waals surface area (Å²) in [6.07, 6.45) is 5.91. The van der Waals surface area contributed by atoms with Crippen molar-refractivity contribution in [3.8, 4) is 0 Å².